The third-order valence-electron chi connectivity index (χ3n) is 9.56. The van der Waals surface area contributed by atoms with Crippen molar-refractivity contribution in [3.8, 4) is 0 Å². The van der Waals surface area contributed by atoms with E-state index in [2.05, 4.69) is 36.3 Å². The number of hydrogen-bond acceptors (Lipinski definition) is 4. The van der Waals surface area contributed by atoms with Gasteiger partial charge in [0.15, 0.2) is 0 Å². The Labute approximate surface area is 214 Å². The van der Waals surface area contributed by atoms with Gasteiger partial charge in [0, 0.05) is 20.0 Å². The van der Waals surface area contributed by atoms with E-state index in [0.29, 0.717) is 17.3 Å². The zero-order valence-corrected chi connectivity index (χ0v) is 22.3. The Morgan fingerprint density at radius 3 is 2.42 bits per heavy atom. The summed E-state index contributed by atoms with van der Waals surface area (Å²) in [5.41, 5.74) is 3.84. The van der Waals surface area contributed by atoms with Gasteiger partial charge in [-0.25, -0.2) is 4.79 Å². The van der Waals surface area contributed by atoms with Crippen molar-refractivity contribution in [2.24, 2.45) is 17.9 Å². The summed E-state index contributed by atoms with van der Waals surface area (Å²) in [6, 6.07) is 5.50. The highest BCUT2D eigenvalue weighted by atomic mass is 16.2. The molecule has 4 fully saturated rings. The van der Waals surface area contributed by atoms with Crippen molar-refractivity contribution in [2.75, 3.05) is 20.1 Å². The molecule has 1 saturated heterocycles. The normalized spacial score (nSPS) is 28.3. The highest BCUT2D eigenvalue weighted by Gasteiger charge is 2.46. The fraction of sp³-hybridized carbons (Fsp3) is 0.690. The third-order valence-corrected chi connectivity index (χ3v) is 9.56. The number of rotatable bonds is 9. The van der Waals surface area contributed by atoms with Crippen LogP contribution in [0.25, 0.3) is 11.0 Å². The van der Waals surface area contributed by atoms with E-state index in [1.54, 1.807) is 16.2 Å². The van der Waals surface area contributed by atoms with Gasteiger partial charge in [0.05, 0.1) is 11.0 Å². The first-order valence-corrected chi connectivity index (χ1v) is 13.9. The molecule has 196 valence electrons. The lowest BCUT2D eigenvalue weighted by Crippen LogP contribution is -2.46. The number of benzene rings is 1. The number of imidazole rings is 1. The highest BCUT2D eigenvalue weighted by molar-refractivity contribution is 6.00. The van der Waals surface area contributed by atoms with Crippen LogP contribution in [0, 0.1) is 10.8 Å². The van der Waals surface area contributed by atoms with Gasteiger partial charge in [0.1, 0.15) is 6.04 Å². The first-order chi connectivity index (χ1) is 17.2. The number of carbonyl (C=O) groups is 2. The van der Waals surface area contributed by atoms with Crippen LogP contribution in [-0.2, 0) is 23.1 Å². The number of aromatic nitrogens is 2. The molecule has 7 nitrogen and oxygen atoms in total. The summed E-state index contributed by atoms with van der Waals surface area (Å²) in [7, 11) is 4.06. The molecular formula is C29H42N4O3. The first kappa shape index (κ1) is 25.2. The Hall–Kier alpha value is -2.41. The molecule has 7 heteroatoms. The van der Waals surface area contributed by atoms with Gasteiger partial charge in [-0.2, -0.15) is 0 Å². The van der Waals surface area contributed by atoms with Crippen molar-refractivity contribution in [2.45, 2.75) is 90.0 Å². The van der Waals surface area contributed by atoms with E-state index in [9.17, 15) is 14.4 Å². The fourth-order valence-electron chi connectivity index (χ4n) is 7.02. The van der Waals surface area contributed by atoms with Gasteiger partial charge in [-0.05, 0) is 106 Å². The molecule has 2 aromatic rings. The molecule has 1 atom stereocenters. The molecule has 1 aliphatic heterocycles. The van der Waals surface area contributed by atoms with Gasteiger partial charge in [-0.1, -0.05) is 19.4 Å². The average Bonchev–Trinajstić information content (AvgIpc) is 3.09. The van der Waals surface area contributed by atoms with Crippen molar-refractivity contribution in [1.82, 2.24) is 19.4 Å². The number of hydrogen-bond donors (Lipinski definition) is 1. The maximum Gasteiger partial charge on any atom is 0.329 e. The summed E-state index contributed by atoms with van der Waals surface area (Å²) in [6.07, 6.45) is 13.7. The van der Waals surface area contributed by atoms with Crippen LogP contribution in [-0.4, -0.2) is 46.0 Å². The second-order valence-corrected chi connectivity index (χ2v) is 12.4. The predicted octanol–water partition coefficient (Wildman–Crippen LogP) is 4.32. The lowest BCUT2D eigenvalue weighted by molar-refractivity contribution is -0.135. The number of nitrogens with zero attached hydrogens (tertiary/aromatic N) is 3. The summed E-state index contributed by atoms with van der Waals surface area (Å²) in [5, 5.41) is 2.37. The summed E-state index contributed by atoms with van der Waals surface area (Å²) in [6.45, 7) is 4.92. The lowest BCUT2D eigenvalue weighted by atomic mass is 9.54. The standard InChI is InChI=1S/C29H42N4O3/c1-28-12-15-29(16-13-28,17-14-28)20-31(2)18-6-4-5-7-21-8-9-22-24(19-21)32(3)27(36)33(22)23-10-11-25(34)30-26(23)35/h8-9,19,23H,4-7,10-18,20H2,1-3H3,(H,30,34,35). The minimum atomic E-state index is -0.631. The number of imide groups is 1. The molecule has 36 heavy (non-hydrogen) atoms. The van der Waals surface area contributed by atoms with E-state index in [1.165, 1.54) is 70.0 Å². The molecule has 3 saturated carbocycles. The summed E-state index contributed by atoms with van der Waals surface area (Å²) >= 11 is 0. The van der Waals surface area contributed by atoms with Gasteiger partial charge in [0.25, 0.3) is 0 Å². The van der Waals surface area contributed by atoms with E-state index in [4.69, 9.17) is 0 Å². The molecular weight excluding hydrogens is 452 g/mol. The molecule has 3 aliphatic carbocycles. The second-order valence-electron chi connectivity index (χ2n) is 12.4. The maximum atomic E-state index is 13.0. The lowest BCUT2D eigenvalue weighted by Gasteiger charge is -2.53. The molecule has 2 bridgehead atoms. The van der Waals surface area contributed by atoms with Gasteiger partial charge in [-0.15, -0.1) is 0 Å². The van der Waals surface area contributed by atoms with E-state index < -0.39 is 6.04 Å². The smallest absolute Gasteiger partial charge is 0.306 e. The van der Waals surface area contributed by atoms with Crippen LogP contribution in [0.2, 0.25) is 0 Å². The number of amides is 2. The van der Waals surface area contributed by atoms with Gasteiger partial charge >= 0.3 is 5.69 Å². The third kappa shape index (κ3) is 4.91. The Kier molecular flexibility index (Phi) is 6.88. The Morgan fingerprint density at radius 1 is 1.00 bits per heavy atom. The van der Waals surface area contributed by atoms with Crippen LogP contribution < -0.4 is 11.0 Å². The quantitative estimate of drug-likeness (QED) is 0.416. The number of carbonyl (C=O) groups excluding carboxylic acids is 2. The largest absolute Gasteiger partial charge is 0.329 e. The molecule has 6 rings (SSSR count). The zero-order valence-electron chi connectivity index (χ0n) is 22.3. The summed E-state index contributed by atoms with van der Waals surface area (Å²) in [4.78, 5) is 39.4. The van der Waals surface area contributed by atoms with E-state index >= 15 is 0 Å². The van der Waals surface area contributed by atoms with Crippen molar-refractivity contribution in [3.05, 3.63) is 34.2 Å². The second kappa shape index (κ2) is 9.81. The monoisotopic (exact) mass is 494 g/mol. The molecule has 2 amide bonds. The molecule has 0 spiro atoms. The number of piperidine rings is 1. The van der Waals surface area contributed by atoms with Crippen molar-refractivity contribution >= 4 is 22.8 Å². The maximum absolute atomic E-state index is 13.0. The number of aryl methyl sites for hydroxylation is 2. The molecule has 4 aliphatic rings. The number of unbranched alkanes of at least 4 members (excludes halogenated alkanes) is 2. The SMILES string of the molecule is CN(CCCCCc1ccc2c(c1)n(C)c(=O)n2C1CCC(=O)NC1=O)CC12CCC(C)(CC1)CC2. The van der Waals surface area contributed by atoms with E-state index in [1.807, 2.05) is 6.07 Å². The Morgan fingerprint density at radius 2 is 1.72 bits per heavy atom. The first-order valence-electron chi connectivity index (χ1n) is 13.9. The summed E-state index contributed by atoms with van der Waals surface area (Å²) < 4.78 is 3.17. The molecule has 1 unspecified atom stereocenters. The minimum absolute atomic E-state index is 0.209. The van der Waals surface area contributed by atoms with Crippen LogP contribution in [0.5, 0.6) is 0 Å². The number of fused-ring (bicyclic) bond motifs is 4. The Bertz CT molecular complexity index is 1180. The van der Waals surface area contributed by atoms with Crippen LogP contribution in [0.3, 0.4) is 0 Å². The van der Waals surface area contributed by atoms with Crippen molar-refractivity contribution in [1.29, 1.82) is 0 Å². The number of nitrogens with one attached hydrogen (secondary N) is 1. The molecule has 2 heterocycles. The van der Waals surface area contributed by atoms with Crippen LogP contribution in [0.1, 0.15) is 89.2 Å². The van der Waals surface area contributed by atoms with Gasteiger partial charge in [-0.3, -0.25) is 24.0 Å². The predicted molar refractivity (Wildman–Crippen MR) is 142 cm³/mol. The molecule has 0 radical (unpaired) electrons. The molecule has 1 aromatic carbocycles. The summed E-state index contributed by atoms with van der Waals surface area (Å²) in [5.74, 6) is -0.659. The average molecular weight is 495 g/mol. The fourth-order valence-corrected chi connectivity index (χ4v) is 7.02. The van der Waals surface area contributed by atoms with Crippen LogP contribution in [0.15, 0.2) is 23.0 Å². The van der Waals surface area contributed by atoms with Crippen molar-refractivity contribution < 1.29 is 9.59 Å². The van der Waals surface area contributed by atoms with E-state index in [0.717, 1.165) is 23.9 Å². The van der Waals surface area contributed by atoms with Gasteiger partial charge in [0.2, 0.25) is 11.8 Å². The van der Waals surface area contributed by atoms with Crippen LogP contribution in [0.4, 0.5) is 0 Å². The van der Waals surface area contributed by atoms with Crippen LogP contribution >= 0.6 is 0 Å². The molecule has 1 N–H and O–H groups in total. The highest BCUT2D eigenvalue weighted by Crippen LogP contribution is 2.56. The van der Waals surface area contributed by atoms with E-state index in [-0.39, 0.29) is 23.9 Å². The zero-order chi connectivity index (χ0) is 25.5. The van der Waals surface area contributed by atoms with Gasteiger partial charge < -0.3 is 4.90 Å². The Balaban J connectivity index is 1.13. The molecule has 1 aromatic heterocycles. The minimum Gasteiger partial charge on any atom is -0.306 e. The topological polar surface area (TPSA) is 76.3 Å². The van der Waals surface area contributed by atoms with Crippen molar-refractivity contribution in [3.63, 3.8) is 0 Å².